The van der Waals surface area contributed by atoms with Gasteiger partial charge in [-0.1, -0.05) is 0 Å². The standard InChI is InChI=1S/C17H26N4O2/c1-13-4-5-14(8-18)17(19-13)21-10-15(16(11-21)12-22)9-20(2)6-7-23-3/h4-5,15-16,22H,6-7,9-12H2,1-3H3/t15-,16-/m1/s1. The van der Waals surface area contributed by atoms with Gasteiger partial charge >= 0.3 is 0 Å². The average Bonchev–Trinajstić information content (AvgIpc) is 2.95. The molecule has 1 N–H and O–H groups in total. The number of nitrogens with zero attached hydrogens (tertiary/aromatic N) is 4. The van der Waals surface area contributed by atoms with Gasteiger partial charge in [-0.3, -0.25) is 0 Å². The van der Waals surface area contributed by atoms with Crippen LogP contribution in [0.1, 0.15) is 11.3 Å². The first-order chi connectivity index (χ1) is 11.1. The first-order valence-electron chi connectivity index (χ1n) is 8.00. The van der Waals surface area contributed by atoms with Gasteiger partial charge in [-0.25, -0.2) is 4.98 Å². The molecule has 2 rings (SSSR count). The van der Waals surface area contributed by atoms with Gasteiger partial charge in [-0.15, -0.1) is 0 Å². The lowest BCUT2D eigenvalue weighted by Gasteiger charge is -2.23. The fourth-order valence-electron chi connectivity index (χ4n) is 3.14. The van der Waals surface area contributed by atoms with Crippen LogP contribution in [-0.4, -0.2) is 68.5 Å². The molecule has 0 aliphatic carbocycles. The van der Waals surface area contributed by atoms with Crippen LogP contribution in [-0.2, 0) is 4.74 Å². The number of aryl methyl sites for hydroxylation is 1. The second kappa shape index (κ2) is 8.25. The second-order valence-corrected chi connectivity index (χ2v) is 6.30. The topological polar surface area (TPSA) is 72.6 Å². The lowest BCUT2D eigenvalue weighted by Crippen LogP contribution is -2.33. The highest BCUT2D eigenvalue weighted by molar-refractivity contribution is 5.55. The molecule has 0 amide bonds. The smallest absolute Gasteiger partial charge is 0.146 e. The van der Waals surface area contributed by atoms with E-state index in [1.165, 1.54) is 0 Å². The molecule has 6 heteroatoms. The van der Waals surface area contributed by atoms with Gasteiger partial charge in [0.2, 0.25) is 0 Å². The number of pyridine rings is 1. The number of hydrogen-bond acceptors (Lipinski definition) is 6. The SMILES string of the molecule is COCCN(C)C[C@@H]1CN(c2nc(C)ccc2C#N)C[C@@H]1CO. The molecule has 23 heavy (non-hydrogen) atoms. The average molecular weight is 318 g/mol. The van der Waals surface area contributed by atoms with Gasteiger partial charge in [-0.05, 0) is 32.0 Å². The van der Waals surface area contributed by atoms with Crippen LogP contribution in [0.4, 0.5) is 5.82 Å². The van der Waals surface area contributed by atoms with Crippen molar-refractivity contribution in [3.8, 4) is 6.07 Å². The van der Waals surface area contributed by atoms with Crippen LogP contribution in [0.3, 0.4) is 0 Å². The summed E-state index contributed by atoms with van der Waals surface area (Å²) in [4.78, 5) is 8.92. The molecule has 2 heterocycles. The maximum absolute atomic E-state index is 9.72. The zero-order chi connectivity index (χ0) is 16.8. The number of aliphatic hydroxyl groups excluding tert-OH is 1. The molecule has 1 saturated heterocycles. The van der Waals surface area contributed by atoms with E-state index in [0.29, 0.717) is 18.1 Å². The summed E-state index contributed by atoms with van der Waals surface area (Å²) in [7, 11) is 3.77. The van der Waals surface area contributed by atoms with E-state index in [1.54, 1.807) is 7.11 Å². The summed E-state index contributed by atoms with van der Waals surface area (Å²) in [6.07, 6.45) is 0. The Morgan fingerprint density at radius 3 is 2.83 bits per heavy atom. The fraction of sp³-hybridized carbons (Fsp3) is 0.647. The van der Waals surface area contributed by atoms with Gasteiger partial charge in [0.1, 0.15) is 11.9 Å². The Balaban J connectivity index is 2.09. The number of rotatable bonds is 7. The molecular formula is C17H26N4O2. The van der Waals surface area contributed by atoms with Crippen molar-refractivity contribution in [2.45, 2.75) is 6.92 Å². The third kappa shape index (κ3) is 4.41. The molecule has 6 nitrogen and oxygen atoms in total. The minimum absolute atomic E-state index is 0.160. The molecular weight excluding hydrogens is 292 g/mol. The van der Waals surface area contributed by atoms with Crippen LogP contribution in [0.25, 0.3) is 0 Å². The zero-order valence-electron chi connectivity index (χ0n) is 14.2. The maximum Gasteiger partial charge on any atom is 0.146 e. The van der Waals surface area contributed by atoms with E-state index in [9.17, 15) is 10.4 Å². The molecule has 0 spiro atoms. The van der Waals surface area contributed by atoms with Gasteiger partial charge in [-0.2, -0.15) is 5.26 Å². The predicted octanol–water partition coefficient (Wildman–Crippen LogP) is 0.885. The Hall–Kier alpha value is -1.68. The van der Waals surface area contributed by atoms with Crippen molar-refractivity contribution in [3.05, 3.63) is 23.4 Å². The molecule has 1 fully saturated rings. The molecule has 1 aliphatic rings. The van der Waals surface area contributed by atoms with Crippen molar-refractivity contribution in [2.75, 3.05) is 58.5 Å². The molecule has 1 aromatic heterocycles. The normalized spacial score (nSPS) is 21.0. The number of nitriles is 1. The van der Waals surface area contributed by atoms with E-state index in [4.69, 9.17) is 4.74 Å². The van der Waals surface area contributed by atoms with Crippen LogP contribution in [0.2, 0.25) is 0 Å². The van der Waals surface area contributed by atoms with Crippen molar-refractivity contribution in [1.82, 2.24) is 9.88 Å². The summed E-state index contributed by atoms with van der Waals surface area (Å²) in [6, 6.07) is 5.90. The Bertz CT molecular complexity index is 558. The number of likely N-dealkylation sites (N-methyl/N-ethyl adjacent to an activating group) is 1. The predicted molar refractivity (Wildman–Crippen MR) is 89.3 cm³/mol. The van der Waals surface area contributed by atoms with Crippen molar-refractivity contribution in [3.63, 3.8) is 0 Å². The number of ether oxygens (including phenoxy) is 1. The molecule has 0 bridgehead atoms. The summed E-state index contributed by atoms with van der Waals surface area (Å²) in [5.41, 5.74) is 1.50. The van der Waals surface area contributed by atoms with Crippen LogP contribution in [0.15, 0.2) is 12.1 Å². The summed E-state index contributed by atoms with van der Waals surface area (Å²) in [5.74, 6) is 1.30. The zero-order valence-corrected chi connectivity index (χ0v) is 14.2. The van der Waals surface area contributed by atoms with Crippen molar-refractivity contribution >= 4 is 5.82 Å². The molecule has 2 atom stereocenters. The largest absolute Gasteiger partial charge is 0.396 e. The maximum atomic E-state index is 9.72. The highest BCUT2D eigenvalue weighted by Gasteiger charge is 2.34. The quantitative estimate of drug-likeness (QED) is 0.805. The van der Waals surface area contributed by atoms with Crippen molar-refractivity contribution in [1.29, 1.82) is 5.26 Å². The number of methoxy groups -OCH3 is 1. The third-order valence-electron chi connectivity index (χ3n) is 4.47. The summed E-state index contributed by atoms with van der Waals surface area (Å²) >= 11 is 0. The van der Waals surface area contributed by atoms with Gasteiger partial charge in [0.15, 0.2) is 0 Å². The Morgan fingerprint density at radius 1 is 1.43 bits per heavy atom. The van der Waals surface area contributed by atoms with Crippen LogP contribution >= 0.6 is 0 Å². The number of anilines is 1. The highest BCUT2D eigenvalue weighted by atomic mass is 16.5. The Labute approximate surface area is 138 Å². The lowest BCUT2D eigenvalue weighted by molar-refractivity contribution is 0.136. The van der Waals surface area contributed by atoms with E-state index >= 15 is 0 Å². The van der Waals surface area contributed by atoms with Crippen LogP contribution < -0.4 is 4.90 Å². The summed E-state index contributed by atoms with van der Waals surface area (Å²) < 4.78 is 5.12. The van der Waals surface area contributed by atoms with E-state index in [-0.39, 0.29) is 12.5 Å². The fourth-order valence-corrected chi connectivity index (χ4v) is 3.14. The van der Waals surface area contributed by atoms with E-state index < -0.39 is 0 Å². The minimum atomic E-state index is 0.160. The van der Waals surface area contributed by atoms with Gasteiger partial charge in [0.25, 0.3) is 0 Å². The highest BCUT2D eigenvalue weighted by Crippen LogP contribution is 2.29. The van der Waals surface area contributed by atoms with Gasteiger partial charge in [0, 0.05) is 51.5 Å². The first kappa shape index (κ1) is 17.7. The van der Waals surface area contributed by atoms with Crippen molar-refractivity contribution in [2.24, 2.45) is 11.8 Å². The van der Waals surface area contributed by atoms with E-state index in [0.717, 1.165) is 37.7 Å². The Kier molecular flexibility index (Phi) is 6.34. The Morgan fingerprint density at radius 2 is 2.17 bits per heavy atom. The number of hydrogen-bond donors (Lipinski definition) is 1. The molecule has 0 radical (unpaired) electrons. The minimum Gasteiger partial charge on any atom is -0.396 e. The molecule has 126 valence electrons. The third-order valence-corrected chi connectivity index (χ3v) is 4.47. The summed E-state index contributed by atoms with van der Waals surface area (Å²) in [5, 5.41) is 19.0. The van der Waals surface area contributed by atoms with Crippen molar-refractivity contribution < 1.29 is 9.84 Å². The van der Waals surface area contributed by atoms with E-state index in [1.807, 2.05) is 19.1 Å². The molecule has 1 aliphatic heterocycles. The second-order valence-electron chi connectivity index (χ2n) is 6.30. The monoisotopic (exact) mass is 318 g/mol. The lowest BCUT2D eigenvalue weighted by atomic mass is 9.96. The number of aliphatic hydroxyl groups is 1. The van der Waals surface area contributed by atoms with Gasteiger partial charge < -0.3 is 19.6 Å². The summed E-state index contributed by atoms with van der Waals surface area (Å²) in [6.45, 7) is 6.12. The van der Waals surface area contributed by atoms with E-state index in [2.05, 4.69) is 27.9 Å². The first-order valence-corrected chi connectivity index (χ1v) is 8.00. The van der Waals surface area contributed by atoms with Crippen LogP contribution in [0.5, 0.6) is 0 Å². The molecule has 0 saturated carbocycles. The van der Waals surface area contributed by atoms with Crippen LogP contribution in [0, 0.1) is 30.1 Å². The molecule has 0 aromatic carbocycles. The molecule has 1 aromatic rings. The molecule has 0 unspecified atom stereocenters. The number of aromatic nitrogens is 1. The van der Waals surface area contributed by atoms with Gasteiger partial charge in [0.05, 0.1) is 12.2 Å².